The molecule has 3 aromatic rings. The molecule has 33 heavy (non-hydrogen) atoms. The smallest absolute Gasteiger partial charge is 0.337 e. The third-order valence-corrected chi connectivity index (χ3v) is 6.39. The second kappa shape index (κ2) is 10.4. The second-order valence-corrected chi connectivity index (χ2v) is 8.95. The predicted molar refractivity (Wildman–Crippen MR) is 128 cm³/mol. The van der Waals surface area contributed by atoms with Gasteiger partial charge in [0.05, 0.1) is 11.0 Å². The van der Waals surface area contributed by atoms with E-state index in [1.807, 2.05) is 18.2 Å². The van der Waals surface area contributed by atoms with Crippen LogP contribution in [0.5, 0.6) is 5.75 Å². The van der Waals surface area contributed by atoms with Crippen LogP contribution in [0, 0.1) is 5.92 Å². The molecular weight excluding hydrogens is 444 g/mol. The number of nitrogens with zero attached hydrogens (tertiary/aromatic N) is 3. The van der Waals surface area contributed by atoms with Crippen LogP contribution in [0.15, 0.2) is 53.3 Å². The van der Waals surface area contributed by atoms with Gasteiger partial charge in [0, 0.05) is 25.2 Å². The van der Waals surface area contributed by atoms with Crippen molar-refractivity contribution in [2.24, 2.45) is 13.0 Å². The Hall–Kier alpha value is -2.81. The fraction of sp³-hybridized carbons (Fsp3) is 0.417. The summed E-state index contributed by atoms with van der Waals surface area (Å²) in [6.45, 7) is 2.96. The number of carbonyl (C=O) groups is 1. The zero-order valence-corrected chi connectivity index (χ0v) is 19.4. The maximum absolute atomic E-state index is 12.7. The van der Waals surface area contributed by atoms with Crippen molar-refractivity contribution < 1.29 is 14.6 Å². The first kappa shape index (κ1) is 23.4. The number of ether oxygens (including phenoxy) is 1. The van der Waals surface area contributed by atoms with Crippen molar-refractivity contribution in [2.45, 2.75) is 18.9 Å². The van der Waals surface area contributed by atoms with E-state index in [1.54, 1.807) is 37.4 Å². The third kappa shape index (κ3) is 5.58. The molecule has 2 heterocycles. The van der Waals surface area contributed by atoms with Crippen LogP contribution < -0.4 is 15.7 Å². The van der Waals surface area contributed by atoms with Gasteiger partial charge in [0.2, 0.25) is 0 Å². The number of benzene rings is 2. The minimum Gasteiger partial charge on any atom is -0.491 e. The van der Waals surface area contributed by atoms with E-state index in [0.29, 0.717) is 35.3 Å². The molecule has 0 aliphatic carbocycles. The molecule has 2 N–H and O–H groups in total. The highest BCUT2D eigenvalue weighted by Gasteiger charge is 2.23. The molecule has 1 saturated heterocycles. The van der Waals surface area contributed by atoms with Gasteiger partial charge in [0.15, 0.2) is 0 Å². The largest absolute Gasteiger partial charge is 0.491 e. The number of rotatable bonds is 7. The molecule has 1 aromatic heterocycles. The molecule has 2 aromatic carbocycles. The van der Waals surface area contributed by atoms with Crippen molar-refractivity contribution in [2.75, 3.05) is 32.8 Å². The highest BCUT2D eigenvalue weighted by Crippen LogP contribution is 2.18. The topological polar surface area (TPSA) is 88.7 Å². The van der Waals surface area contributed by atoms with Gasteiger partial charge in [-0.05, 0) is 68.2 Å². The normalized spacial score (nSPS) is 16.1. The van der Waals surface area contributed by atoms with Crippen molar-refractivity contribution in [3.8, 4) is 5.75 Å². The van der Waals surface area contributed by atoms with Crippen LogP contribution in [0.25, 0.3) is 11.0 Å². The van der Waals surface area contributed by atoms with E-state index >= 15 is 0 Å². The van der Waals surface area contributed by atoms with Crippen LogP contribution in [-0.4, -0.2) is 64.1 Å². The maximum atomic E-state index is 12.7. The summed E-state index contributed by atoms with van der Waals surface area (Å²) in [4.78, 5) is 27.4. The molecule has 1 atom stereocenters. The van der Waals surface area contributed by atoms with E-state index in [4.69, 9.17) is 16.3 Å². The number of aromatic nitrogens is 2. The summed E-state index contributed by atoms with van der Waals surface area (Å²) < 4.78 is 8.30. The number of hydrogen-bond donors (Lipinski definition) is 2. The number of hydrogen-bond acceptors (Lipinski definition) is 5. The Kier molecular flexibility index (Phi) is 7.37. The highest BCUT2D eigenvalue weighted by molar-refractivity contribution is 6.30. The van der Waals surface area contributed by atoms with Crippen molar-refractivity contribution in [3.63, 3.8) is 0 Å². The monoisotopic (exact) mass is 472 g/mol. The summed E-state index contributed by atoms with van der Waals surface area (Å²) >= 11 is 5.87. The Morgan fingerprint density at radius 2 is 1.82 bits per heavy atom. The number of aliphatic hydroxyl groups excluding tert-OH is 1. The van der Waals surface area contributed by atoms with Gasteiger partial charge in [-0.2, -0.15) is 0 Å². The minimum absolute atomic E-state index is 0.220. The van der Waals surface area contributed by atoms with E-state index in [2.05, 4.69) is 10.2 Å². The maximum Gasteiger partial charge on any atom is 0.337 e. The van der Waals surface area contributed by atoms with Crippen molar-refractivity contribution in [1.29, 1.82) is 0 Å². The molecule has 1 unspecified atom stereocenters. The van der Waals surface area contributed by atoms with Crippen LogP contribution in [-0.2, 0) is 7.05 Å². The number of piperidine rings is 1. The van der Waals surface area contributed by atoms with Gasteiger partial charge in [0.25, 0.3) is 0 Å². The van der Waals surface area contributed by atoms with Crippen molar-refractivity contribution in [1.82, 2.24) is 19.4 Å². The average molecular weight is 473 g/mol. The lowest BCUT2D eigenvalue weighted by molar-refractivity contribution is 0.0552. The summed E-state index contributed by atoms with van der Waals surface area (Å²) in [6, 6.07) is 13.9. The molecule has 176 valence electrons. The minimum atomic E-state index is -0.588. The fourth-order valence-corrected chi connectivity index (χ4v) is 4.37. The Morgan fingerprint density at radius 3 is 2.52 bits per heavy atom. The number of para-hydroxylation sites is 2. The SMILES string of the molecule is Cn1c(=O)n(C(=O)NCC2CCN(CC(O)COc3ccc(Cl)cc3)CC2)c2ccccc21. The fourth-order valence-electron chi connectivity index (χ4n) is 4.25. The Bertz CT molecular complexity index is 1150. The number of aryl methyl sites for hydroxylation is 1. The lowest BCUT2D eigenvalue weighted by Gasteiger charge is -2.33. The summed E-state index contributed by atoms with van der Waals surface area (Å²) in [5.74, 6) is 1.01. The van der Waals surface area contributed by atoms with E-state index in [9.17, 15) is 14.7 Å². The number of aliphatic hydroxyl groups is 1. The van der Waals surface area contributed by atoms with Crippen LogP contribution in [0.4, 0.5) is 4.79 Å². The summed E-state index contributed by atoms with van der Waals surface area (Å²) in [7, 11) is 1.67. The number of β-amino-alcohol motifs (C(OH)–C–C–N with tert-alkyl or cyclic N) is 1. The standard InChI is InChI=1S/C24H29ClN4O4/c1-27-21-4-2-3-5-22(21)29(24(27)32)23(31)26-14-17-10-12-28(13-11-17)15-19(30)16-33-20-8-6-18(25)7-9-20/h2-9,17,19,30H,10-16H2,1H3,(H,26,31). The Morgan fingerprint density at radius 1 is 1.15 bits per heavy atom. The molecule has 1 amide bonds. The van der Waals surface area contributed by atoms with E-state index in [-0.39, 0.29) is 12.3 Å². The molecule has 4 rings (SSSR count). The zero-order valence-electron chi connectivity index (χ0n) is 18.6. The molecule has 0 bridgehead atoms. The number of carbonyl (C=O) groups excluding carboxylic acids is 1. The van der Waals surface area contributed by atoms with Gasteiger partial charge in [0.1, 0.15) is 18.5 Å². The quantitative estimate of drug-likeness (QED) is 0.552. The summed E-state index contributed by atoms with van der Waals surface area (Å²) in [5, 5.41) is 13.9. The van der Waals surface area contributed by atoms with Gasteiger partial charge >= 0.3 is 11.7 Å². The van der Waals surface area contributed by atoms with Crippen molar-refractivity contribution in [3.05, 3.63) is 64.0 Å². The molecule has 0 saturated carbocycles. The van der Waals surface area contributed by atoms with Crippen LogP contribution in [0.2, 0.25) is 5.02 Å². The number of likely N-dealkylation sites (tertiary alicyclic amines) is 1. The molecule has 0 spiro atoms. The van der Waals surface area contributed by atoms with Crippen LogP contribution in [0.1, 0.15) is 12.8 Å². The first-order valence-electron chi connectivity index (χ1n) is 11.2. The highest BCUT2D eigenvalue weighted by atomic mass is 35.5. The average Bonchev–Trinajstić information content (AvgIpc) is 3.08. The second-order valence-electron chi connectivity index (χ2n) is 8.51. The number of imidazole rings is 1. The molecular formula is C24H29ClN4O4. The first-order valence-corrected chi connectivity index (χ1v) is 11.5. The Balaban J connectivity index is 1.21. The molecule has 0 radical (unpaired) electrons. The molecule has 1 aliphatic heterocycles. The molecule has 1 fully saturated rings. The lowest BCUT2D eigenvalue weighted by atomic mass is 9.96. The number of nitrogens with one attached hydrogen (secondary N) is 1. The number of amides is 1. The van der Waals surface area contributed by atoms with Gasteiger partial charge in [-0.25, -0.2) is 14.2 Å². The predicted octanol–water partition coefficient (Wildman–Crippen LogP) is 2.70. The van der Waals surface area contributed by atoms with E-state index < -0.39 is 12.1 Å². The molecule has 8 nitrogen and oxygen atoms in total. The van der Waals surface area contributed by atoms with Gasteiger partial charge < -0.3 is 20.1 Å². The number of halogens is 1. The van der Waals surface area contributed by atoms with E-state index in [1.165, 1.54) is 9.13 Å². The lowest BCUT2D eigenvalue weighted by Crippen LogP contribution is -2.44. The summed E-state index contributed by atoms with van der Waals surface area (Å²) in [6.07, 6.45) is 1.24. The first-order chi connectivity index (χ1) is 15.9. The zero-order chi connectivity index (χ0) is 23.4. The van der Waals surface area contributed by atoms with E-state index in [0.717, 1.165) is 31.4 Å². The van der Waals surface area contributed by atoms with Gasteiger partial charge in [-0.1, -0.05) is 23.7 Å². The van der Waals surface area contributed by atoms with Gasteiger partial charge in [-0.15, -0.1) is 0 Å². The molecule has 1 aliphatic rings. The number of fused-ring (bicyclic) bond motifs is 1. The van der Waals surface area contributed by atoms with Crippen molar-refractivity contribution >= 4 is 28.7 Å². The molecule has 9 heteroatoms. The van der Waals surface area contributed by atoms with Crippen LogP contribution >= 0.6 is 11.6 Å². The third-order valence-electron chi connectivity index (χ3n) is 6.14. The van der Waals surface area contributed by atoms with Crippen LogP contribution in [0.3, 0.4) is 0 Å². The summed E-state index contributed by atoms with van der Waals surface area (Å²) in [5.41, 5.74) is 0.981. The Labute approximate surface area is 197 Å². The van der Waals surface area contributed by atoms with Gasteiger partial charge in [-0.3, -0.25) is 4.57 Å².